The van der Waals surface area contributed by atoms with Gasteiger partial charge in [0.2, 0.25) is 0 Å². The van der Waals surface area contributed by atoms with E-state index in [4.69, 9.17) is 4.74 Å². The van der Waals surface area contributed by atoms with E-state index in [1.165, 1.54) is 44.9 Å². The van der Waals surface area contributed by atoms with E-state index in [0.29, 0.717) is 12.6 Å². The van der Waals surface area contributed by atoms with Gasteiger partial charge in [0, 0.05) is 13.2 Å². The lowest BCUT2D eigenvalue weighted by molar-refractivity contribution is -0.145. The number of hydrogen-bond donors (Lipinski definition) is 4. The van der Waals surface area contributed by atoms with Gasteiger partial charge in [0.15, 0.2) is 0 Å². The standard InChI is InChI=1S/C18H35NO5/c20-13-15-17(22)18(23)16(21)12-19(15)10-6-4-2-1-3-5-8-14-9-7-11-24-14/h14-18,20-23H,1-13H2/t14?,15-,16+,17-,18-/m1/s1. The van der Waals surface area contributed by atoms with E-state index in [1.807, 2.05) is 4.90 Å². The van der Waals surface area contributed by atoms with Crippen molar-refractivity contribution in [3.63, 3.8) is 0 Å². The molecule has 1 unspecified atom stereocenters. The maximum Gasteiger partial charge on any atom is 0.109 e. The number of unbranched alkanes of at least 4 members (excludes halogenated alkanes) is 5. The normalized spacial score (nSPS) is 34.8. The molecule has 0 aliphatic carbocycles. The summed E-state index contributed by atoms with van der Waals surface area (Å²) in [6.45, 7) is 1.79. The highest BCUT2D eigenvalue weighted by Gasteiger charge is 2.40. The number of nitrogens with zero attached hydrogens (tertiary/aromatic N) is 1. The highest BCUT2D eigenvalue weighted by molar-refractivity contribution is 4.93. The summed E-state index contributed by atoms with van der Waals surface area (Å²) < 4.78 is 5.63. The van der Waals surface area contributed by atoms with Crippen molar-refractivity contribution in [2.75, 3.05) is 26.3 Å². The van der Waals surface area contributed by atoms with Gasteiger partial charge in [0.1, 0.15) is 12.2 Å². The van der Waals surface area contributed by atoms with Gasteiger partial charge >= 0.3 is 0 Å². The van der Waals surface area contributed by atoms with Gasteiger partial charge in [-0.2, -0.15) is 0 Å². The number of aliphatic hydroxyl groups excluding tert-OH is 4. The second-order valence-electron chi connectivity index (χ2n) is 7.34. The molecule has 6 nitrogen and oxygen atoms in total. The van der Waals surface area contributed by atoms with Crippen LogP contribution < -0.4 is 0 Å². The summed E-state index contributed by atoms with van der Waals surface area (Å²) in [5.74, 6) is 0. The summed E-state index contributed by atoms with van der Waals surface area (Å²) >= 11 is 0. The van der Waals surface area contributed by atoms with Crippen molar-refractivity contribution in [2.45, 2.75) is 88.2 Å². The van der Waals surface area contributed by atoms with Crippen molar-refractivity contribution in [2.24, 2.45) is 0 Å². The molecule has 0 spiro atoms. The molecule has 2 saturated heterocycles. The van der Waals surface area contributed by atoms with Gasteiger partial charge in [-0.1, -0.05) is 32.1 Å². The van der Waals surface area contributed by atoms with Gasteiger partial charge in [-0.3, -0.25) is 4.90 Å². The van der Waals surface area contributed by atoms with Crippen molar-refractivity contribution in [1.82, 2.24) is 4.90 Å². The molecule has 2 fully saturated rings. The van der Waals surface area contributed by atoms with Gasteiger partial charge in [-0.05, 0) is 32.2 Å². The molecule has 0 radical (unpaired) electrons. The van der Waals surface area contributed by atoms with E-state index < -0.39 is 24.4 Å². The summed E-state index contributed by atoms with van der Waals surface area (Å²) in [5, 5.41) is 38.8. The lowest BCUT2D eigenvalue weighted by Crippen LogP contribution is -2.62. The van der Waals surface area contributed by atoms with Crippen molar-refractivity contribution < 1.29 is 25.2 Å². The Hall–Kier alpha value is -0.240. The van der Waals surface area contributed by atoms with Crippen molar-refractivity contribution in [3.05, 3.63) is 0 Å². The third-order valence-corrected chi connectivity index (χ3v) is 5.46. The lowest BCUT2D eigenvalue weighted by atomic mass is 9.94. The number of ether oxygens (including phenoxy) is 1. The molecule has 0 aromatic carbocycles. The highest BCUT2D eigenvalue weighted by Crippen LogP contribution is 2.21. The largest absolute Gasteiger partial charge is 0.395 e. The first-order chi connectivity index (χ1) is 11.6. The molecule has 2 aliphatic rings. The van der Waals surface area contributed by atoms with Crippen LogP contribution in [0.2, 0.25) is 0 Å². The zero-order chi connectivity index (χ0) is 17.4. The Morgan fingerprint density at radius 3 is 2.29 bits per heavy atom. The predicted molar refractivity (Wildman–Crippen MR) is 91.8 cm³/mol. The number of aliphatic hydroxyl groups is 4. The topological polar surface area (TPSA) is 93.4 Å². The monoisotopic (exact) mass is 345 g/mol. The molecule has 6 heteroatoms. The summed E-state index contributed by atoms with van der Waals surface area (Å²) in [6.07, 6.45) is 7.99. The fraction of sp³-hybridized carbons (Fsp3) is 1.00. The first-order valence-corrected chi connectivity index (χ1v) is 9.64. The van der Waals surface area contributed by atoms with Gasteiger partial charge in [-0.25, -0.2) is 0 Å². The average Bonchev–Trinajstić information content (AvgIpc) is 3.08. The molecule has 142 valence electrons. The summed E-state index contributed by atoms with van der Waals surface area (Å²) in [5.41, 5.74) is 0. The zero-order valence-electron chi connectivity index (χ0n) is 14.7. The van der Waals surface area contributed by atoms with E-state index in [1.54, 1.807) is 0 Å². The Morgan fingerprint density at radius 2 is 1.62 bits per heavy atom. The number of β-amino-alcohol motifs (C(OH)–C–C–N with tert-alkyl or cyclic N) is 1. The molecule has 0 amide bonds. The van der Waals surface area contributed by atoms with Gasteiger partial charge in [-0.15, -0.1) is 0 Å². The maximum atomic E-state index is 9.95. The first-order valence-electron chi connectivity index (χ1n) is 9.64. The number of piperidine rings is 1. The van der Waals surface area contributed by atoms with Crippen LogP contribution in [0, 0.1) is 0 Å². The molecule has 5 atom stereocenters. The SMILES string of the molecule is OC[C@@H]1[C@@H](O)[C@H](O)[C@@H](O)CN1CCCCCCCCC1CCCO1. The quantitative estimate of drug-likeness (QED) is 0.435. The van der Waals surface area contributed by atoms with E-state index >= 15 is 0 Å². The minimum atomic E-state index is -1.16. The Labute approximate surface area is 145 Å². The van der Waals surface area contributed by atoms with Gasteiger partial charge < -0.3 is 25.2 Å². The van der Waals surface area contributed by atoms with E-state index in [9.17, 15) is 20.4 Å². The van der Waals surface area contributed by atoms with Crippen molar-refractivity contribution in [1.29, 1.82) is 0 Å². The van der Waals surface area contributed by atoms with E-state index in [0.717, 1.165) is 26.0 Å². The van der Waals surface area contributed by atoms with Crippen LogP contribution in [0.3, 0.4) is 0 Å². The summed E-state index contributed by atoms with van der Waals surface area (Å²) in [7, 11) is 0. The van der Waals surface area contributed by atoms with Crippen LogP contribution >= 0.6 is 0 Å². The molecule has 0 saturated carbocycles. The summed E-state index contributed by atoms with van der Waals surface area (Å²) in [4.78, 5) is 1.90. The molecule has 2 heterocycles. The van der Waals surface area contributed by atoms with Gasteiger partial charge in [0.05, 0.1) is 24.9 Å². The second kappa shape index (κ2) is 10.7. The molecule has 0 bridgehead atoms. The number of likely N-dealkylation sites (tertiary alicyclic amines) is 1. The lowest BCUT2D eigenvalue weighted by Gasteiger charge is -2.43. The summed E-state index contributed by atoms with van der Waals surface area (Å²) in [6, 6.07) is -0.477. The molecule has 24 heavy (non-hydrogen) atoms. The average molecular weight is 345 g/mol. The third-order valence-electron chi connectivity index (χ3n) is 5.46. The predicted octanol–water partition coefficient (Wildman–Crippen LogP) is 0.655. The van der Waals surface area contributed by atoms with E-state index in [-0.39, 0.29) is 6.61 Å². The highest BCUT2D eigenvalue weighted by atomic mass is 16.5. The maximum absolute atomic E-state index is 9.95. The third kappa shape index (κ3) is 5.93. The molecule has 2 rings (SSSR count). The minimum Gasteiger partial charge on any atom is -0.395 e. The molecule has 4 N–H and O–H groups in total. The van der Waals surface area contributed by atoms with Crippen LogP contribution in [0.15, 0.2) is 0 Å². The zero-order valence-corrected chi connectivity index (χ0v) is 14.7. The van der Waals surface area contributed by atoms with Crippen LogP contribution in [-0.4, -0.2) is 82.1 Å². The van der Waals surface area contributed by atoms with Crippen LogP contribution in [0.25, 0.3) is 0 Å². The fourth-order valence-corrected chi connectivity index (χ4v) is 3.90. The first kappa shape index (κ1) is 20.1. The number of rotatable bonds is 10. The Morgan fingerprint density at radius 1 is 0.917 bits per heavy atom. The number of hydrogen-bond acceptors (Lipinski definition) is 6. The van der Waals surface area contributed by atoms with Crippen molar-refractivity contribution >= 4 is 0 Å². The fourth-order valence-electron chi connectivity index (χ4n) is 3.90. The Balaban J connectivity index is 1.51. The Bertz CT molecular complexity index is 337. The van der Waals surface area contributed by atoms with Crippen LogP contribution in [0.4, 0.5) is 0 Å². The van der Waals surface area contributed by atoms with E-state index in [2.05, 4.69) is 0 Å². The molecular weight excluding hydrogens is 310 g/mol. The second-order valence-corrected chi connectivity index (χ2v) is 7.34. The smallest absolute Gasteiger partial charge is 0.109 e. The van der Waals surface area contributed by atoms with Crippen LogP contribution in [0.5, 0.6) is 0 Å². The van der Waals surface area contributed by atoms with Crippen molar-refractivity contribution in [3.8, 4) is 0 Å². The molecule has 2 aliphatic heterocycles. The van der Waals surface area contributed by atoms with Crippen LogP contribution in [0.1, 0.15) is 57.8 Å². The minimum absolute atomic E-state index is 0.200. The Kier molecular flexibility index (Phi) is 8.94. The molecular formula is C18H35NO5. The molecule has 0 aromatic heterocycles. The molecule has 0 aromatic rings. The van der Waals surface area contributed by atoms with Crippen LogP contribution in [-0.2, 0) is 4.74 Å². The van der Waals surface area contributed by atoms with Gasteiger partial charge in [0.25, 0.3) is 0 Å².